The molecule has 0 saturated carbocycles. The quantitative estimate of drug-likeness (QED) is 0.399. The molecule has 170 valence electrons. The summed E-state index contributed by atoms with van der Waals surface area (Å²) in [5.74, 6) is 0.0952. The Morgan fingerprint density at radius 3 is 2.61 bits per heavy atom. The number of para-hydroxylation sites is 1. The molecule has 6 nitrogen and oxygen atoms in total. The Kier molecular flexibility index (Phi) is 6.85. The molecule has 0 N–H and O–H groups in total. The first-order valence-electron chi connectivity index (χ1n) is 10.4. The second kappa shape index (κ2) is 9.80. The van der Waals surface area contributed by atoms with Gasteiger partial charge in [0.1, 0.15) is 11.8 Å². The number of hydrogen-bond acceptors (Lipinski definition) is 7. The van der Waals surface area contributed by atoms with Crippen molar-refractivity contribution in [2.75, 3.05) is 20.0 Å². The first-order valence-corrected chi connectivity index (χ1v) is 12.5. The maximum atomic E-state index is 13.6. The van der Waals surface area contributed by atoms with Gasteiger partial charge in [-0.1, -0.05) is 41.7 Å². The number of thioether (sulfide) groups is 1. The average Bonchev–Trinajstić information content (AvgIpc) is 3.13. The van der Waals surface area contributed by atoms with Gasteiger partial charge in [0.2, 0.25) is 0 Å². The van der Waals surface area contributed by atoms with E-state index in [1.54, 1.807) is 37.3 Å². The number of nitrogens with zero attached hydrogens (tertiary/aromatic N) is 2. The molecule has 1 aliphatic heterocycles. The normalized spacial score (nSPS) is 15.8. The fraction of sp³-hybridized carbons (Fsp3) is 0.240. The Labute approximate surface area is 199 Å². The molecule has 3 aromatic rings. The van der Waals surface area contributed by atoms with E-state index in [1.807, 2.05) is 60.9 Å². The van der Waals surface area contributed by atoms with E-state index in [9.17, 15) is 9.59 Å². The number of fused-ring (bicyclic) bond motifs is 1. The van der Waals surface area contributed by atoms with E-state index in [2.05, 4.69) is 4.99 Å². The van der Waals surface area contributed by atoms with Crippen LogP contribution in [0.2, 0.25) is 0 Å². The molecule has 0 spiro atoms. The number of benzene rings is 2. The molecule has 1 aliphatic rings. The number of allylic oxidation sites excluding steroid dienone is 1. The van der Waals surface area contributed by atoms with Crippen LogP contribution in [0.25, 0.3) is 6.08 Å². The van der Waals surface area contributed by atoms with Crippen LogP contribution >= 0.6 is 23.1 Å². The van der Waals surface area contributed by atoms with Gasteiger partial charge in [-0.2, -0.15) is 0 Å². The van der Waals surface area contributed by atoms with Crippen molar-refractivity contribution in [1.82, 2.24) is 4.57 Å². The van der Waals surface area contributed by atoms with Gasteiger partial charge < -0.3 is 9.47 Å². The summed E-state index contributed by atoms with van der Waals surface area (Å²) in [6, 6.07) is 14.7. The van der Waals surface area contributed by atoms with E-state index in [-0.39, 0.29) is 12.2 Å². The van der Waals surface area contributed by atoms with Crippen molar-refractivity contribution in [3.63, 3.8) is 0 Å². The zero-order valence-corrected chi connectivity index (χ0v) is 20.5. The van der Waals surface area contributed by atoms with Gasteiger partial charge in [-0.05, 0) is 49.9 Å². The number of aromatic nitrogens is 1. The Morgan fingerprint density at radius 1 is 1.21 bits per heavy atom. The Morgan fingerprint density at radius 2 is 1.94 bits per heavy atom. The number of thiazole rings is 1. The molecular formula is C25H24N2O4S2. The van der Waals surface area contributed by atoms with Crippen LogP contribution in [0.1, 0.15) is 31.0 Å². The molecule has 0 bridgehead atoms. The van der Waals surface area contributed by atoms with Crippen LogP contribution in [0.3, 0.4) is 0 Å². The van der Waals surface area contributed by atoms with E-state index in [4.69, 9.17) is 9.47 Å². The molecular weight excluding hydrogens is 456 g/mol. The van der Waals surface area contributed by atoms with Gasteiger partial charge in [-0.3, -0.25) is 9.36 Å². The Balaban J connectivity index is 1.95. The third-order valence-electron chi connectivity index (χ3n) is 5.36. The molecule has 0 saturated heterocycles. The van der Waals surface area contributed by atoms with Gasteiger partial charge >= 0.3 is 5.97 Å². The smallest absolute Gasteiger partial charge is 0.338 e. The van der Waals surface area contributed by atoms with E-state index in [1.165, 1.54) is 11.3 Å². The fourth-order valence-corrected chi connectivity index (χ4v) is 5.28. The first-order chi connectivity index (χ1) is 16.0. The van der Waals surface area contributed by atoms with Crippen LogP contribution in [-0.2, 0) is 9.53 Å². The van der Waals surface area contributed by atoms with Crippen LogP contribution in [0.5, 0.6) is 5.75 Å². The van der Waals surface area contributed by atoms with Crippen molar-refractivity contribution >= 4 is 35.1 Å². The molecule has 2 heterocycles. The Bertz CT molecular complexity index is 1400. The SMILES string of the molecule is CCOC(=O)C1=C(C)N=c2sc(=Cc3ccc(SC)cc3)c(=O)n2[C@@H]1c1ccccc1OC. The summed E-state index contributed by atoms with van der Waals surface area (Å²) in [4.78, 5) is 32.9. The van der Waals surface area contributed by atoms with E-state index >= 15 is 0 Å². The van der Waals surface area contributed by atoms with E-state index < -0.39 is 12.0 Å². The van der Waals surface area contributed by atoms with Crippen LogP contribution in [0, 0.1) is 0 Å². The van der Waals surface area contributed by atoms with Gasteiger partial charge in [0.05, 0.1) is 29.5 Å². The molecule has 0 radical (unpaired) electrons. The minimum atomic E-state index is -0.697. The van der Waals surface area contributed by atoms with E-state index in [0.717, 1.165) is 10.5 Å². The number of carbonyl (C=O) groups excluding carboxylic acids is 1. The standard InChI is InChI=1S/C25H24N2O4S2/c1-5-31-24(29)21-15(2)26-25-27(22(21)18-8-6-7-9-19(18)30-3)23(28)20(33-25)14-16-10-12-17(32-4)13-11-16/h6-14,22H,5H2,1-4H3/t22-/m1/s1. The predicted molar refractivity (Wildman–Crippen MR) is 132 cm³/mol. The molecule has 0 unspecified atom stereocenters. The van der Waals surface area contributed by atoms with Gasteiger partial charge in [0.25, 0.3) is 5.56 Å². The lowest BCUT2D eigenvalue weighted by Crippen LogP contribution is -2.40. The van der Waals surface area contributed by atoms with Crippen molar-refractivity contribution in [3.05, 3.63) is 90.6 Å². The van der Waals surface area contributed by atoms with Gasteiger partial charge in [-0.15, -0.1) is 11.8 Å². The first kappa shape index (κ1) is 23.1. The largest absolute Gasteiger partial charge is 0.496 e. The van der Waals surface area contributed by atoms with Crippen LogP contribution in [-0.4, -0.2) is 30.5 Å². The van der Waals surface area contributed by atoms with Crippen LogP contribution in [0.15, 0.2) is 74.5 Å². The number of ether oxygens (including phenoxy) is 2. The van der Waals surface area contributed by atoms with Crippen molar-refractivity contribution in [3.8, 4) is 5.75 Å². The number of rotatable bonds is 6. The molecule has 33 heavy (non-hydrogen) atoms. The Hall–Kier alpha value is -3.10. The molecule has 0 aliphatic carbocycles. The monoisotopic (exact) mass is 480 g/mol. The molecule has 1 atom stereocenters. The van der Waals surface area contributed by atoms with Crippen LogP contribution < -0.4 is 19.6 Å². The summed E-state index contributed by atoms with van der Waals surface area (Å²) in [6.45, 7) is 3.75. The lowest BCUT2D eigenvalue weighted by atomic mass is 9.95. The summed E-state index contributed by atoms with van der Waals surface area (Å²) < 4.78 is 13.0. The molecule has 0 fully saturated rings. The summed E-state index contributed by atoms with van der Waals surface area (Å²) in [5, 5.41) is 0. The lowest BCUT2D eigenvalue weighted by Gasteiger charge is -2.25. The zero-order valence-electron chi connectivity index (χ0n) is 18.8. The topological polar surface area (TPSA) is 69.9 Å². The highest BCUT2D eigenvalue weighted by atomic mass is 32.2. The molecule has 0 amide bonds. The number of carbonyl (C=O) groups is 1. The third-order valence-corrected chi connectivity index (χ3v) is 7.09. The maximum absolute atomic E-state index is 13.6. The summed E-state index contributed by atoms with van der Waals surface area (Å²) >= 11 is 2.97. The lowest BCUT2D eigenvalue weighted by molar-refractivity contribution is -0.139. The molecule has 4 rings (SSSR count). The highest BCUT2D eigenvalue weighted by Crippen LogP contribution is 2.35. The molecule has 2 aromatic carbocycles. The third kappa shape index (κ3) is 4.41. The van der Waals surface area contributed by atoms with Crippen LogP contribution in [0.4, 0.5) is 0 Å². The van der Waals surface area contributed by atoms with Crippen molar-refractivity contribution in [2.24, 2.45) is 4.99 Å². The average molecular weight is 481 g/mol. The van der Waals surface area contributed by atoms with Crippen molar-refractivity contribution in [2.45, 2.75) is 24.8 Å². The van der Waals surface area contributed by atoms with Gasteiger partial charge in [0, 0.05) is 10.5 Å². The summed E-state index contributed by atoms with van der Waals surface area (Å²) in [6.07, 6.45) is 3.88. The zero-order chi connectivity index (χ0) is 23.5. The number of hydrogen-bond donors (Lipinski definition) is 0. The van der Waals surface area contributed by atoms with Gasteiger partial charge in [-0.25, -0.2) is 9.79 Å². The van der Waals surface area contributed by atoms with Crippen molar-refractivity contribution < 1.29 is 14.3 Å². The second-order valence-corrected chi connectivity index (χ2v) is 9.21. The second-order valence-electron chi connectivity index (χ2n) is 7.32. The highest BCUT2D eigenvalue weighted by Gasteiger charge is 2.34. The van der Waals surface area contributed by atoms with E-state index in [0.29, 0.717) is 31.9 Å². The maximum Gasteiger partial charge on any atom is 0.338 e. The summed E-state index contributed by atoms with van der Waals surface area (Å²) in [5.41, 5.74) is 2.28. The highest BCUT2D eigenvalue weighted by molar-refractivity contribution is 7.98. The predicted octanol–water partition coefficient (Wildman–Crippen LogP) is 3.53. The number of methoxy groups -OCH3 is 1. The fourth-order valence-electron chi connectivity index (χ4n) is 3.83. The summed E-state index contributed by atoms with van der Waals surface area (Å²) in [7, 11) is 1.57. The molecule has 8 heteroatoms. The minimum Gasteiger partial charge on any atom is -0.496 e. The van der Waals surface area contributed by atoms with Crippen molar-refractivity contribution in [1.29, 1.82) is 0 Å². The molecule has 1 aromatic heterocycles. The number of esters is 1. The van der Waals surface area contributed by atoms with Gasteiger partial charge in [0.15, 0.2) is 4.80 Å². The minimum absolute atomic E-state index is 0.210.